The molecule has 4 heteroatoms. The van der Waals surface area contributed by atoms with Gasteiger partial charge in [0.05, 0.1) is 6.54 Å². The molecule has 1 aromatic heterocycles. The SMILES string of the molecule is Cc1csc(CN(C)CCCCC2CCOCC2)n1. The van der Waals surface area contributed by atoms with E-state index in [1.165, 1.54) is 43.7 Å². The number of aryl methyl sites for hydroxylation is 1. The zero-order chi connectivity index (χ0) is 13.5. The third-order valence-electron chi connectivity index (χ3n) is 3.81. The van der Waals surface area contributed by atoms with Crippen LogP contribution in [0.4, 0.5) is 0 Å². The molecule has 0 unspecified atom stereocenters. The summed E-state index contributed by atoms with van der Waals surface area (Å²) in [5, 5.41) is 3.37. The van der Waals surface area contributed by atoms with Gasteiger partial charge in [-0.25, -0.2) is 4.98 Å². The predicted molar refractivity (Wildman–Crippen MR) is 80.6 cm³/mol. The lowest BCUT2D eigenvalue weighted by Crippen LogP contribution is -2.20. The molecular weight excluding hydrogens is 256 g/mol. The van der Waals surface area contributed by atoms with Crippen molar-refractivity contribution in [3.63, 3.8) is 0 Å². The molecule has 0 amide bonds. The van der Waals surface area contributed by atoms with Crippen LogP contribution in [0.2, 0.25) is 0 Å². The molecule has 0 saturated carbocycles. The van der Waals surface area contributed by atoms with Crippen molar-refractivity contribution < 1.29 is 4.74 Å². The van der Waals surface area contributed by atoms with Gasteiger partial charge in [-0.1, -0.05) is 12.8 Å². The summed E-state index contributed by atoms with van der Waals surface area (Å²) in [6.07, 6.45) is 6.58. The highest BCUT2D eigenvalue weighted by Gasteiger charge is 2.13. The Morgan fingerprint density at radius 2 is 2.16 bits per heavy atom. The molecular formula is C15H26N2OS. The van der Waals surface area contributed by atoms with Crippen LogP contribution in [0, 0.1) is 12.8 Å². The Balaban J connectivity index is 1.54. The molecule has 2 rings (SSSR count). The summed E-state index contributed by atoms with van der Waals surface area (Å²) in [6.45, 7) is 6.20. The number of rotatable bonds is 7. The maximum absolute atomic E-state index is 5.40. The summed E-state index contributed by atoms with van der Waals surface area (Å²) < 4.78 is 5.40. The quantitative estimate of drug-likeness (QED) is 0.716. The zero-order valence-electron chi connectivity index (χ0n) is 12.2. The van der Waals surface area contributed by atoms with E-state index in [1.54, 1.807) is 11.3 Å². The molecule has 2 heterocycles. The first-order chi connectivity index (χ1) is 9.24. The van der Waals surface area contributed by atoms with E-state index in [0.29, 0.717) is 0 Å². The van der Waals surface area contributed by atoms with E-state index in [4.69, 9.17) is 4.74 Å². The van der Waals surface area contributed by atoms with Crippen LogP contribution in [0.15, 0.2) is 5.38 Å². The van der Waals surface area contributed by atoms with Gasteiger partial charge in [0, 0.05) is 24.3 Å². The minimum absolute atomic E-state index is 0.917. The van der Waals surface area contributed by atoms with Crippen LogP contribution in [0.5, 0.6) is 0 Å². The molecule has 1 saturated heterocycles. The van der Waals surface area contributed by atoms with Crippen LogP contribution in [0.3, 0.4) is 0 Å². The number of hydrogen-bond acceptors (Lipinski definition) is 4. The summed E-state index contributed by atoms with van der Waals surface area (Å²) in [7, 11) is 2.20. The third-order valence-corrected chi connectivity index (χ3v) is 4.77. The molecule has 0 spiro atoms. The average molecular weight is 282 g/mol. The Hall–Kier alpha value is -0.450. The van der Waals surface area contributed by atoms with Crippen LogP contribution < -0.4 is 0 Å². The monoisotopic (exact) mass is 282 g/mol. The van der Waals surface area contributed by atoms with Crippen LogP contribution in [0.25, 0.3) is 0 Å². The Kier molecular flexibility index (Phi) is 6.28. The fraction of sp³-hybridized carbons (Fsp3) is 0.800. The highest BCUT2D eigenvalue weighted by atomic mass is 32.1. The fourth-order valence-electron chi connectivity index (χ4n) is 2.64. The second-order valence-corrected chi connectivity index (χ2v) is 6.61. The number of ether oxygens (including phenoxy) is 1. The topological polar surface area (TPSA) is 25.4 Å². The van der Waals surface area contributed by atoms with E-state index in [1.807, 2.05) is 0 Å². The Bertz CT molecular complexity index is 361. The Labute approximate surface area is 121 Å². The largest absolute Gasteiger partial charge is 0.381 e. The number of thiazole rings is 1. The van der Waals surface area contributed by atoms with Crippen LogP contribution >= 0.6 is 11.3 Å². The summed E-state index contributed by atoms with van der Waals surface area (Å²) in [4.78, 5) is 6.91. The lowest BCUT2D eigenvalue weighted by molar-refractivity contribution is 0.0629. The van der Waals surface area contributed by atoms with Crippen molar-refractivity contribution in [2.75, 3.05) is 26.8 Å². The van der Waals surface area contributed by atoms with E-state index >= 15 is 0 Å². The highest BCUT2D eigenvalue weighted by Crippen LogP contribution is 2.21. The molecule has 0 aliphatic carbocycles. The number of hydrogen-bond donors (Lipinski definition) is 0. The van der Waals surface area contributed by atoms with Gasteiger partial charge in [-0.2, -0.15) is 0 Å². The second kappa shape index (κ2) is 7.98. The van der Waals surface area contributed by atoms with E-state index < -0.39 is 0 Å². The van der Waals surface area contributed by atoms with Gasteiger partial charge in [0.25, 0.3) is 0 Å². The van der Waals surface area contributed by atoms with Gasteiger partial charge in [0.2, 0.25) is 0 Å². The van der Waals surface area contributed by atoms with Crippen molar-refractivity contribution in [3.8, 4) is 0 Å². The molecule has 0 aromatic carbocycles. The fourth-order valence-corrected chi connectivity index (χ4v) is 3.49. The van der Waals surface area contributed by atoms with Gasteiger partial charge >= 0.3 is 0 Å². The zero-order valence-corrected chi connectivity index (χ0v) is 13.0. The van der Waals surface area contributed by atoms with E-state index in [9.17, 15) is 0 Å². The molecule has 1 aromatic rings. The number of unbranched alkanes of at least 4 members (excludes halogenated alkanes) is 1. The lowest BCUT2D eigenvalue weighted by Gasteiger charge is -2.22. The van der Waals surface area contributed by atoms with Crippen LogP contribution in [-0.2, 0) is 11.3 Å². The Morgan fingerprint density at radius 3 is 2.84 bits per heavy atom. The summed E-state index contributed by atoms with van der Waals surface area (Å²) >= 11 is 1.77. The second-order valence-electron chi connectivity index (χ2n) is 5.67. The van der Waals surface area contributed by atoms with Crippen LogP contribution in [-0.4, -0.2) is 36.7 Å². The van der Waals surface area contributed by atoms with Crippen molar-refractivity contribution in [3.05, 3.63) is 16.1 Å². The minimum atomic E-state index is 0.917. The van der Waals surface area contributed by atoms with E-state index in [-0.39, 0.29) is 0 Å². The van der Waals surface area contributed by atoms with Gasteiger partial charge in [0.15, 0.2) is 0 Å². The standard InChI is InChI=1S/C15H26N2OS/c1-13-12-19-15(16-13)11-17(2)8-4-3-5-14-6-9-18-10-7-14/h12,14H,3-11H2,1-2H3. The number of nitrogens with zero attached hydrogens (tertiary/aromatic N) is 2. The number of aromatic nitrogens is 1. The first-order valence-corrected chi connectivity index (χ1v) is 8.29. The van der Waals surface area contributed by atoms with Crippen molar-refractivity contribution in [2.24, 2.45) is 5.92 Å². The first-order valence-electron chi connectivity index (χ1n) is 7.41. The maximum atomic E-state index is 5.40. The van der Waals surface area contributed by atoms with Gasteiger partial charge in [-0.3, -0.25) is 4.90 Å². The summed E-state index contributed by atoms with van der Waals surface area (Å²) in [5.74, 6) is 0.917. The van der Waals surface area contributed by atoms with Gasteiger partial charge in [0.1, 0.15) is 5.01 Å². The van der Waals surface area contributed by atoms with Crippen molar-refractivity contribution in [1.29, 1.82) is 0 Å². The van der Waals surface area contributed by atoms with E-state index in [0.717, 1.165) is 31.4 Å². The lowest BCUT2D eigenvalue weighted by atomic mass is 9.94. The molecule has 1 fully saturated rings. The van der Waals surface area contributed by atoms with Crippen molar-refractivity contribution >= 4 is 11.3 Å². The van der Waals surface area contributed by atoms with Crippen LogP contribution in [0.1, 0.15) is 42.8 Å². The molecule has 3 nitrogen and oxygen atoms in total. The van der Waals surface area contributed by atoms with E-state index in [2.05, 4.69) is 29.2 Å². The minimum Gasteiger partial charge on any atom is -0.381 e. The van der Waals surface area contributed by atoms with Crippen molar-refractivity contribution in [2.45, 2.75) is 45.6 Å². The molecule has 0 bridgehead atoms. The molecule has 19 heavy (non-hydrogen) atoms. The van der Waals surface area contributed by atoms with Gasteiger partial charge in [-0.05, 0) is 45.7 Å². The molecule has 0 atom stereocenters. The van der Waals surface area contributed by atoms with Gasteiger partial charge < -0.3 is 4.74 Å². The van der Waals surface area contributed by atoms with Crippen molar-refractivity contribution in [1.82, 2.24) is 9.88 Å². The summed E-state index contributed by atoms with van der Waals surface area (Å²) in [6, 6.07) is 0. The summed E-state index contributed by atoms with van der Waals surface area (Å²) in [5.41, 5.74) is 1.15. The first kappa shape index (κ1) is 14.9. The normalized spacial score (nSPS) is 17.2. The smallest absolute Gasteiger partial charge is 0.107 e. The molecule has 108 valence electrons. The molecule has 1 aliphatic rings. The molecule has 0 radical (unpaired) electrons. The highest BCUT2D eigenvalue weighted by molar-refractivity contribution is 7.09. The molecule has 0 N–H and O–H groups in total. The maximum Gasteiger partial charge on any atom is 0.107 e. The third kappa shape index (κ3) is 5.59. The van der Waals surface area contributed by atoms with Gasteiger partial charge in [-0.15, -0.1) is 11.3 Å². The Morgan fingerprint density at radius 1 is 1.37 bits per heavy atom. The molecule has 1 aliphatic heterocycles. The average Bonchev–Trinajstić information content (AvgIpc) is 2.81. The predicted octanol–water partition coefficient (Wildman–Crippen LogP) is 3.48.